The minimum absolute atomic E-state index is 0.0388. The first-order valence-corrected chi connectivity index (χ1v) is 10.2. The van der Waals surface area contributed by atoms with Crippen molar-refractivity contribution in [3.8, 4) is 0 Å². The monoisotopic (exact) mass is 396 g/mol. The van der Waals surface area contributed by atoms with Crippen molar-refractivity contribution in [3.63, 3.8) is 0 Å². The average Bonchev–Trinajstić information content (AvgIpc) is 3.14. The van der Waals surface area contributed by atoms with Crippen LogP contribution in [-0.4, -0.2) is 79.1 Å². The second-order valence-corrected chi connectivity index (χ2v) is 10.1. The van der Waals surface area contributed by atoms with E-state index in [1.807, 2.05) is 20.8 Å². The number of nitrogens with zero attached hydrogens (tertiary/aromatic N) is 2. The van der Waals surface area contributed by atoms with Crippen molar-refractivity contribution in [1.82, 2.24) is 9.80 Å². The minimum atomic E-state index is -0.978. The fourth-order valence-corrected chi connectivity index (χ4v) is 7.62. The maximum absolute atomic E-state index is 13.6. The van der Waals surface area contributed by atoms with Crippen LogP contribution in [0.4, 0.5) is 0 Å². The Bertz CT molecular complexity index is 683. The van der Waals surface area contributed by atoms with E-state index >= 15 is 0 Å². The van der Waals surface area contributed by atoms with Gasteiger partial charge in [-0.15, -0.1) is 18.3 Å². The van der Waals surface area contributed by atoms with Crippen LogP contribution >= 0.6 is 11.8 Å². The fraction of sp³-hybridized carbons (Fsp3) is 0.737. The molecule has 3 aliphatic heterocycles. The van der Waals surface area contributed by atoms with Gasteiger partial charge in [-0.3, -0.25) is 14.4 Å². The Morgan fingerprint density at radius 2 is 2.11 bits per heavy atom. The number of carbonyl (C=O) groups is 3. The topological polar surface area (TPSA) is 98.2 Å². The summed E-state index contributed by atoms with van der Waals surface area (Å²) in [5, 5.41) is 19.3. The highest BCUT2D eigenvalue weighted by molar-refractivity contribution is 8.02. The van der Waals surface area contributed by atoms with Crippen molar-refractivity contribution in [2.45, 2.75) is 55.2 Å². The standard InChI is InChI=1S/C19H28N2O5S/c1-5-8-20(11(2)3)16(24)14-19-7-6-18(4,27-19)13(17(25)26)12(19)15(23)21(14)9-10-22/h5,11-14,22H,1,6-10H2,2-4H3,(H,25,26)/t12-,13+,14?,18-,19?/m0/s1. The summed E-state index contributed by atoms with van der Waals surface area (Å²) in [5.74, 6) is -3.01. The van der Waals surface area contributed by atoms with Gasteiger partial charge < -0.3 is 20.0 Å². The van der Waals surface area contributed by atoms with Crippen LogP contribution in [0.15, 0.2) is 12.7 Å². The van der Waals surface area contributed by atoms with Crippen molar-refractivity contribution >= 4 is 29.5 Å². The van der Waals surface area contributed by atoms with Gasteiger partial charge in [0.1, 0.15) is 6.04 Å². The van der Waals surface area contributed by atoms with E-state index in [9.17, 15) is 24.6 Å². The first-order valence-electron chi connectivity index (χ1n) is 9.40. The van der Waals surface area contributed by atoms with Gasteiger partial charge >= 0.3 is 5.97 Å². The van der Waals surface area contributed by atoms with E-state index in [-0.39, 0.29) is 31.0 Å². The Labute approximate surface area is 163 Å². The van der Waals surface area contributed by atoms with Gasteiger partial charge in [-0.2, -0.15) is 0 Å². The second kappa shape index (κ2) is 6.81. The highest BCUT2D eigenvalue weighted by Gasteiger charge is 2.77. The zero-order valence-corrected chi connectivity index (χ0v) is 16.9. The molecule has 0 aromatic carbocycles. The Hall–Kier alpha value is -1.54. The van der Waals surface area contributed by atoms with Crippen LogP contribution in [0.5, 0.6) is 0 Å². The van der Waals surface area contributed by atoms with E-state index in [4.69, 9.17) is 0 Å². The van der Waals surface area contributed by atoms with Crippen molar-refractivity contribution in [3.05, 3.63) is 12.7 Å². The summed E-state index contributed by atoms with van der Waals surface area (Å²) in [5.41, 5.74) is 0. The molecule has 1 spiro atoms. The fourth-order valence-electron chi connectivity index (χ4n) is 5.28. The summed E-state index contributed by atoms with van der Waals surface area (Å²) in [7, 11) is 0. The second-order valence-electron chi connectivity index (χ2n) is 8.19. The molecule has 0 aromatic rings. The third-order valence-electron chi connectivity index (χ3n) is 6.35. The average molecular weight is 397 g/mol. The summed E-state index contributed by atoms with van der Waals surface area (Å²) >= 11 is 1.51. The molecular weight excluding hydrogens is 368 g/mol. The molecule has 0 radical (unpaired) electrons. The summed E-state index contributed by atoms with van der Waals surface area (Å²) in [6, 6.07) is -0.827. The number of carboxylic acids is 1. The molecule has 2 amide bonds. The number of likely N-dealkylation sites (tertiary alicyclic amines) is 1. The summed E-state index contributed by atoms with van der Waals surface area (Å²) in [6.07, 6.45) is 2.95. The van der Waals surface area contributed by atoms with Crippen molar-refractivity contribution in [2.24, 2.45) is 11.8 Å². The van der Waals surface area contributed by atoms with Gasteiger partial charge in [-0.25, -0.2) is 0 Å². The Balaban J connectivity index is 2.09. The molecule has 0 aliphatic carbocycles. The number of aliphatic hydroxyl groups excluding tert-OH is 1. The van der Waals surface area contributed by atoms with Crippen LogP contribution in [-0.2, 0) is 14.4 Å². The largest absolute Gasteiger partial charge is 0.481 e. The third-order valence-corrected chi connectivity index (χ3v) is 8.34. The predicted molar refractivity (Wildman–Crippen MR) is 102 cm³/mol. The van der Waals surface area contributed by atoms with Gasteiger partial charge in [0, 0.05) is 23.9 Å². The van der Waals surface area contributed by atoms with Gasteiger partial charge in [0.05, 0.1) is 23.2 Å². The van der Waals surface area contributed by atoms with Crippen LogP contribution in [0, 0.1) is 11.8 Å². The van der Waals surface area contributed by atoms with Crippen LogP contribution in [0.3, 0.4) is 0 Å². The smallest absolute Gasteiger partial charge is 0.308 e. The molecule has 3 heterocycles. The number of thioether (sulfide) groups is 1. The van der Waals surface area contributed by atoms with Crippen LogP contribution in [0.2, 0.25) is 0 Å². The van der Waals surface area contributed by atoms with Gasteiger partial charge in [0.2, 0.25) is 11.8 Å². The zero-order chi connectivity index (χ0) is 20.1. The molecule has 8 heteroatoms. The predicted octanol–water partition coefficient (Wildman–Crippen LogP) is 0.968. The molecule has 2 bridgehead atoms. The number of β-amino-alcohol motifs (C(OH)–C–C–N with tert-alkyl or cyclic N) is 1. The lowest BCUT2D eigenvalue weighted by Gasteiger charge is -2.38. The lowest BCUT2D eigenvalue weighted by molar-refractivity contribution is -0.150. The molecule has 150 valence electrons. The first kappa shape index (κ1) is 20.2. The molecule has 5 atom stereocenters. The summed E-state index contributed by atoms with van der Waals surface area (Å²) in [4.78, 5) is 41.9. The van der Waals surface area contributed by atoms with Crippen molar-refractivity contribution in [2.75, 3.05) is 19.7 Å². The number of aliphatic hydroxyl groups is 1. The van der Waals surface area contributed by atoms with E-state index in [0.29, 0.717) is 19.4 Å². The van der Waals surface area contributed by atoms with Crippen molar-refractivity contribution in [1.29, 1.82) is 0 Å². The SMILES string of the molecule is C=CCN(C(=O)C1N(CCO)C(=O)[C@@H]2[C@H](C(=O)O)[C@]3(C)CCC12S3)C(C)C. The molecule has 7 nitrogen and oxygen atoms in total. The van der Waals surface area contributed by atoms with E-state index in [2.05, 4.69) is 6.58 Å². The van der Waals surface area contributed by atoms with E-state index in [1.54, 1.807) is 11.0 Å². The molecule has 2 N–H and O–H groups in total. The van der Waals surface area contributed by atoms with Crippen LogP contribution in [0.25, 0.3) is 0 Å². The number of hydrogen-bond donors (Lipinski definition) is 2. The Morgan fingerprint density at radius 3 is 2.63 bits per heavy atom. The molecule has 3 saturated heterocycles. The molecule has 27 heavy (non-hydrogen) atoms. The van der Waals surface area contributed by atoms with Gasteiger partial charge in [-0.1, -0.05) is 6.08 Å². The van der Waals surface area contributed by atoms with Gasteiger partial charge in [0.15, 0.2) is 0 Å². The normalized spacial score (nSPS) is 37.0. The number of carboxylic acid groups (broad SMARTS) is 1. The lowest BCUT2D eigenvalue weighted by atomic mass is 9.66. The Kier molecular flexibility index (Phi) is 5.10. The molecule has 3 rings (SSSR count). The maximum Gasteiger partial charge on any atom is 0.308 e. The van der Waals surface area contributed by atoms with Crippen LogP contribution in [0.1, 0.15) is 33.6 Å². The summed E-state index contributed by atoms with van der Waals surface area (Å²) < 4.78 is -1.29. The highest BCUT2D eigenvalue weighted by Crippen LogP contribution is 2.71. The van der Waals surface area contributed by atoms with E-state index < -0.39 is 33.3 Å². The number of aliphatic carboxylic acids is 1. The number of fused-ring (bicyclic) bond motifs is 1. The van der Waals surface area contributed by atoms with Crippen LogP contribution < -0.4 is 0 Å². The first-order chi connectivity index (χ1) is 12.6. The third kappa shape index (κ3) is 2.71. The molecule has 3 fully saturated rings. The zero-order valence-electron chi connectivity index (χ0n) is 16.1. The molecule has 0 saturated carbocycles. The lowest BCUT2D eigenvalue weighted by Crippen LogP contribution is -2.56. The van der Waals surface area contributed by atoms with Gasteiger partial charge in [0.25, 0.3) is 0 Å². The number of rotatable bonds is 7. The summed E-state index contributed by atoms with van der Waals surface area (Å²) in [6.45, 7) is 9.58. The quantitative estimate of drug-likeness (QED) is 0.622. The molecule has 2 unspecified atom stereocenters. The molecule has 0 aromatic heterocycles. The van der Waals surface area contributed by atoms with Crippen molar-refractivity contribution < 1.29 is 24.6 Å². The minimum Gasteiger partial charge on any atom is -0.481 e. The van der Waals surface area contributed by atoms with Gasteiger partial charge in [-0.05, 0) is 33.6 Å². The number of amides is 2. The number of hydrogen-bond acceptors (Lipinski definition) is 5. The van der Waals surface area contributed by atoms with E-state index in [1.165, 1.54) is 16.7 Å². The number of carbonyl (C=O) groups excluding carboxylic acids is 2. The molecule has 3 aliphatic rings. The highest BCUT2D eigenvalue weighted by atomic mass is 32.2. The maximum atomic E-state index is 13.6. The van der Waals surface area contributed by atoms with E-state index in [0.717, 1.165) is 0 Å². The molecular formula is C19H28N2O5S. The Morgan fingerprint density at radius 1 is 1.44 bits per heavy atom.